The lowest BCUT2D eigenvalue weighted by molar-refractivity contribution is 0.0593. The minimum Gasteiger partial charge on any atom is -0.464 e. The van der Waals surface area contributed by atoms with E-state index in [1.807, 2.05) is 43.3 Å². The third kappa shape index (κ3) is 3.20. The van der Waals surface area contributed by atoms with Gasteiger partial charge in [-0.15, -0.1) is 0 Å². The van der Waals surface area contributed by atoms with E-state index in [-0.39, 0.29) is 5.69 Å². The largest absolute Gasteiger partial charge is 0.464 e. The van der Waals surface area contributed by atoms with Crippen molar-refractivity contribution in [2.45, 2.75) is 6.92 Å². The Kier molecular flexibility index (Phi) is 4.44. The highest BCUT2D eigenvalue weighted by molar-refractivity contribution is 5.86. The molecule has 0 fully saturated rings. The first kappa shape index (κ1) is 13.7. The molecule has 0 saturated carbocycles. The van der Waals surface area contributed by atoms with Gasteiger partial charge < -0.3 is 9.47 Å². The van der Waals surface area contributed by atoms with E-state index < -0.39 is 5.97 Å². The van der Waals surface area contributed by atoms with Crippen LogP contribution < -0.4 is 4.74 Å². The number of carbonyl (C=O) groups excluding carboxylic acids is 1. The summed E-state index contributed by atoms with van der Waals surface area (Å²) in [7, 11) is 1.29. The molecule has 102 valence electrons. The van der Waals surface area contributed by atoms with Gasteiger partial charge in [0.1, 0.15) is 5.75 Å². The summed E-state index contributed by atoms with van der Waals surface area (Å²) in [5, 5.41) is 0. The fourth-order valence-corrected chi connectivity index (χ4v) is 1.58. The molecule has 0 aliphatic rings. The number of rotatable bonds is 4. The zero-order chi connectivity index (χ0) is 14.4. The van der Waals surface area contributed by atoms with Gasteiger partial charge in [0.25, 0.3) is 0 Å². The Bertz CT molecular complexity index is 621. The van der Waals surface area contributed by atoms with Gasteiger partial charge in [-0.25, -0.2) is 14.8 Å². The molecule has 0 amide bonds. The molecule has 1 aromatic heterocycles. The van der Waals surface area contributed by atoms with Crippen molar-refractivity contribution in [2.75, 3.05) is 7.11 Å². The van der Waals surface area contributed by atoms with E-state index in [4.69, 9.17) is 4.74 Å². The minimum atomic E-state index is -0.529. The predicted octanol–water partition coefficient (Wildman–Crippen LogP) is 3.09. The molecule has 2 rings (SSSR count). The van der Waals surface area contributed by atoms with E-state index in [1.165, 1.54) is 19.5 Å². The van der Waals surface area contributed by atoms with Crippen LogP contribution in [0.3, 0.4) is 0 Å². The fraction of sp³-hybridized carbons (Fsp3) is 0.133. The molecule has 0 saturated heterocycles. The van der Waals surface area contributed by atoms with Gasteiger partial charge in [0, 0.05) is 5.56 Å². The summed E-state index contributed by atoms with van der Waals surface area (Å²) >= 11 is 0. The van der Waals surface area contributed by atoms with Crippen LogP contribution >= 0.6 is 0 Å². The Morgan fingerprint density at radius 3 is 2.65 bits per heavy atom. The van der Waals surface area contributed by atoms with E-state index in [9.17, 15) is 4.79 Å². The highest BCUT2D eigenvalue weighted by Crippen LogP contribution is 2.24. The maximum absolute atomic E-state index is 11.2. The number of hydrogen-bond acceptors (Lipinski definition) is 5. The standard InChI is InChI=1S/C15H14N2O3/c1-3-6-11-7-4-5-8-13(11)20-14-10-16-12(9-17-14)15(18)19-2/h3-10H,1-2H3/b6-3+. The molecule has 0 atom stereocenters. The molecule has 5 nitrogen and oxygen atoms in total. The van der Waals surface area contributed by atoms with E-state index in [2.05, 4.69) is 14.7 Å². The number of esters is 1. The number of allylic oxidation sites excluding steroid dienone is 1. The quantitative estimate of drug-likeness (QED) is 0.799. The van der Waals surface area contributed by atoms with Crippen LogP contribution in [0.2, 0.25) is 0 Å². The van der Waals surface area contributed by atoms with Crippen LogP contribution in [-0.2, 0) is 4.74 Å². The maximum Gasteiger partial charge on any atom is 0.358 e. The maximum atomic E-state index is 11.2. The normalized spacial score (nSPS) is 10.5. The van der Waals surface area contributed by atoms with Crippen LogP contribution in [0.5, 0.6) is 11.6 Å². The molecule has 0 N–H and O–H groups in total. The second-order valence-corrected chi connectivity index (χ2v) is 3.87. The number of para-hydroxylation sites is 1. The van der Waals surface area contributed by atoms with E-state index >= 15 is 0 Å². The Morgan fingerprint density at radius 1 is 1.20 bits per heavy atom. The Morgan fingerprint density at radius 2 is 2.00 bits per heavy atom. The average Bonchev–Trinajstić information content (AvgIpc) is 2.49. The average molecular weight is 270 g/mol. The molecule has 2 aromatic rings. The molecule has 1 heterocycles. The van der Waals surface area contributed by atoms with Crippen molar-refractivity contribution in [3.63, 3.8) is 0 Å². The summed E-state index contributed by atoms with van der Waals surface area (Å²) in [6.07, 6.45) is 6.57. The van der Waals surface area contributed by atoms with Gasteiger partial charge in [-0.05, 0) is 13.0 Å². The number of carbonyl (C=O) groups is 1. The lowest BCUT2D eigenvalue weighted by Gasteiger charge is -2.07. The topological polar surface area (TPSA) is 61.3 Å². The van der Waals surface area contributed by atoms with Crippen LogP contribution in [0.1, 0.15) is 23.0 Å². The zero-order valence-corrected chi connectivity index (χ0v) is 11.2. The van der Waals surface area contributed by atoms with Crippen LogP contribution in [0, 0.1) is 0 Å². The van der Waals surface area contributed by atoms with Crippen LogP contribution in [0.4, 0.5) is 0 Å². The van der Waals surface area contributed by atoms with Gasteiger partial charge in [-0.3, -0.25) is 0 Å². The van der Waals surface area contributed by atoms with Gasteiger partial charge in [-0.2, -0.15) is 0 Å². The summed E-state index contributed by atoms with van der Waals surface area (Å²) in [4.78, 5) is 19.2. The number of ether oxygens (including phenoxy) is 2. The molecule has 0 bridgehead atoms. The zero-order valence-electron chi connectivity index (χ0n) is 11.2. The lowest BCUT2D eigenvalue weighted by Crippen LogP contribution is -2.04. The Balaban J connectivity index is 2.20. The van der Waals surface area contributed by atoms with Crippen molar-refractivity contribution < 1.29 is 14.3 Å². The smallest absolute Gasteiger partial charge is 0.358 e. The molecule has 20 heavy (non-hydrogen) atoms. The van der Waals surface area contributed by atoms with Gasteiger partial charge in [0.15, 0.2) is 5.69 Å². The molecule has 0 spiro atoms. The fourth-order valence-electron chi connectivity index (χ4n) is 1.58. The second-order valence-electron chi connectivity index (χ2n) is 3.87. The Hall–Kier alpha value is -2.69. The number of nitrogens with zero attached hydrogens (tertiary/aromatic N) is 2. The molecular formula is C15H14N2O3. The number of methoxy groups -OCH3 is 1. The van der Waals surface area contributed by atoms with Gasteiger partial charge in [-0.1, -0.05) is 30.4 Å². The SMILES string of the molecule is C/C=C/c1ccccc1Oc1cnc(C(=O)OC)cn1. The van der Waals surface area contributed by atoms with Crippen LogP contribution in [0.25, 0.3) is 6.08 Å². The van der Waals surface area contributed by atoms with E-state index in [0.717, 1.165) is 5.56 Å². The molecule has 0 aliphatic heterocycles. The van der Waals surface area contributed by atoms with Crippen LogP contribution in [-0.4, -0.2) is 23.0 Å². The third-order valence-corrected chi connectivity index (χ3v) is 2.50. The predicted molar refractivity (Wildman–Crippen MR) is 74.6 cm³/mol. The van der Waals surface area contributed by atoms with Crippen molar-refractivity contribution in [1.29, 1.82) is 0 Å². The summed E-state index contributed by atoms with van der Waals surface area (Å²) in [5.74, 6) is 0.457. The molecular weight excluding hydrogens is 256 g/mol. The minimum absolute atomic E-state index is 0.140. The second kappa shape index (κ2) is 6.47. The molecule has 5 heteroatoms. The summed E-state index contributed by atoms with van der Waals surface area (Å²) in [6, 6.07) is 7.57. The van der Waals surface area contributed by atoms with Gasteiger partial charge in [0.2, 0.25) is 5.88 Å². The number of hydrogen-bond donors (Lipinski definition) is 0. The lowest BCUT2D eigenvalue weighted by atomic mass is 10.2. The summed E-state index contributed by atoms with van der Waals surface area (Å²) in [6.45, 7) is 1.93. The molecule has 0 radical (unpaired) electrons. The highest BCUT2D eigenvalue weighted by atomic mass is 16.5. The van der Waals surface area contributed by atoms with Crippen molar-refractivity contribution in [2.24, 2.45) is 0 Å². The molecule has 1 aromatic carbocycles. The van der Waals surface area contributed by atoms with Crippen molar-refractivity contribution in [3.05, 3.63) is 54.0 Å². The Labute approximate surface area is 116 Å². The van der Waals surface area contributed by atoms with Crippen molar-refractivity contribution >= 4 is 12.0 Å². The molecule has 0 unspecified atom stereocenters. The van der Waals surface area contributed by atoms with Gasteiger partial charge in [0.05, 0.1) is 19.5 Å². The first-order chi connectivity index (χ1) is 9.74. The van der Waals surface area contributed by atoms with Crippen LogP contribution in [0.15, 0.2) is 42.7 Å². The van der Waals surface area contributed by atoms with E-state index in [1.54, 1.807) is 0 Å². The molecule has 0 aliphatic carbocycles. The number of benzene rings is 1. The summed E-state index contributed by atoms with van der Waals surface area (Å²) in [5.41, 5.74) is 1.08. The first-order valence-corrected chi connectivity index (χ1v) is 6.04. The highest BCUT2D eigenvalue weighted by Gasteiger charge is 2.09. The van der Waals surface area contributed by atoms with Crippen molar-refractivity contribution in [3.8, 4) is 11.6 Å². The number of aromatic nitrogens is 2. The third-order valence-electron chi connectivity index (χ3n) is 2.50. The van der Waals surface area contributed by atoms with Crippen molar-refractivity contribution in [1.82, 2.24) is 9.97 Å². The first-order valence-electron chi connectivity index (χ1n) is 6.04. The summed E-state index contributed by atoms with van der Waals surface area (Å²) < 4.78 is 10.2. The monoisotopic (exact) mass is 270 g/mol. The van der Waals surface area contributed by atoms with E-state index in [0.29, 0.717) is 11.6 Å². The van der Waals surface area contributed by atoms with Gasteiger partial charge >= 0.3 is 5.97 Å².